The molecule has 1 aromatic rings. The highest BCUT2D eigenvalue weighted by molar-refractivity contribution is 5.81. The number of rotatable bonds is 6. The maximum Gasteiger partial charge on any atom is 0.263 e. The standard InChI is InChI=1S/C15H25N3O2/c1-6-18(7-2)15(19)11(3)20-14-10-12(17(4)5)8-9-13(14)16/h8-11H,6-7,16H2,1-5H3. The predicted octanol–water partition coefficient (Wildman–Crippen LogP) is 1.97. The van der Waals surface area contributed by atoms with Gasteiger partial charge in [0.1, 0.15) is 5.75 Å². The van der Waals surface area contributed by atoms with E-state index in [1.807, 2.05) is 45.0 Å². The Labute approximate surface area is 121 Å². The van der Waals surface area contributed by atoms with Gasteiger partial charge in [0.25, 0.3) is 5.91 Å². The molecule has 0 aromatic heterocycles. The van der Waals surface area contributed by atoms with E-state index in [-0.39, 0.29) is 5.91 Å². The fourth-order valence-electron chi connectivity index (χ4n) is 1.94. The number of anilines is 2. The van der Waals surface area contributed by atoms with Gasteiger partial charge >= 0.3 is 0 Å². The zero-order valence-corrected chi connectivity index (χ0v) is 13.0. The first-order valence-corrected chi connectivity index (χ1v) is 6.92. The predicted molar refractivity (Wildman–Crippen MR) is 83.2 cm³/mol. The van der Waals surface area contributed by atoms with Crippen LogP contribution in [0.25, 0.3) is 0 Å². The second-order valence-electron chi connectivity index (χ2n) is 4.89. The zero-order valence-electron chi connectivity index (χ0n) is 13.0. The summed E-state index contributed by atoms with van der Waals surface area (Å²) in [6, 6.07) is 5.56. The molecule has 0 aliphatic heterocycles. The summed E-state index contributed by atoms with van der Waals surface area (Å²) in [6.07, 6.45) is -0.547. The lowest BCUT2D eigenvalue weighted by molar-refractivity contribution is -0.137. The number of nitrogens with zero attached hydrogens (tertiary/aromatic N) is 2. The van der Waals surface area contributed by atoms with Gasteiger partial charge in [0.15, 0.2) is 6.10 Å². The minimum absolute atomic E-state index is 0.0235. The monoisotopic (exact) mass is 279 g/mol. The van der Waals surface area contributed by atoms with Crippen LogP contribution in [-0.2, 0) is 4.79 Å². The number of benzene rings is 1. The lowest BCUT2D eigenvalue weighted by atomic mass is 10.2. The molecular formula is C15H25N3O2. The molecule has 0 saturated carbocycles. The van der Waals surface area contributed by atoms with Gasteiger partial charge in [-0.05, 0) is 32.9 Å². The van der Waals surface area contributed by atoms with Crippen LogP contribution in [0.3, 0.4) is 0 Å². The van der Waals surface area contributed by atoms with Crippen molar-refractivity contribution < 1.29 is 9.53 Å². The molecule has 20 heavy (non-hydrogen) atoms. The van der Waals surface area contributed by atoms with E-state index >= 15 is 0 Å². The number of nitrogen functional groups attached to an aromatic ring is 1. The van der Waals surface area contributed by atoms with Gasteiger partial charge in [-0.3, -0.25) is 4.79 Å². The third-order valence-corrected chi connectivity index (χ3v) is 3.24. The average molecular weight is 279 g/mol. The lowest BCUT2D eigenvalue weighted by Gasteiger charge is -2.24. The van der Waals surface area contributed by atoms with Crippen LogP contribution in [0.4, 0.5) is 11.4 Å². The number of amides is 1. The Balaban J connectivity index is 2.87. The zero-order chi connectivity index (χ0) is 15.3. The summed E-state index contributed by atoms with van der Waals surface area (Å²) in [5.74, 6) is 0.522. The largest absolute Gasteiger partial charge is 0.479 e. The molecule has 1 atom stereocenters. The van der Waals surface area contributed by atoms with Crippen molar-refractivity contribution in [2.75, 3.05) is 37.8 Å². The number of hydrogen-bond donors (Lipinski definition) is 1. The van der Waals surface area contributed by atoms with Gasteiger partial charge in [0.05, 0.1) is 5.69 Å². The molecule has 0 aliphatic rings. The molecule has 0 heterocycles. The van der Waals surface area contributed by atoms with Gasteiger partial charge in [-0.1, -0.05) is 0 Å². The molecule has 5 heteroatoms. The minimum atomic E-state index is -0.547. The van der Waals surface area contributed by atoms with Crippen molar-refractivity contribution in [1.82, 2.24) is 4.90 Å². The van der Waals surface area contributed by atoms with Gasteiger partial charge in [-0.15, -0.1) is 0 Å². The van der Waals surface area contributed by atoms with Crippen LogP contribution in [0.2, 0.25) is 0 Å². The minimum Gasteiger partial charge on any atom is -0.479 e. The van der Waals surface area contributed by atoms with E-state index in [9.17, 15) is 4.79 Å². The van der Waals surface area contributed by atoms with Crippen LogP contribution in [-0.4, -0.2) is 44.1 Å². The number of likely N-dealkylation sites (N-methyl/N-ethyl adjacent to an activating group) is 1. The van der Waals surface area contributed by atoms with Crippen molar-refractivity contribution in [1.29, 1.82) is 0 Å². The summed E-state index contributed by atoms with van der Waals surface area (Å²) in [7, 11) is 3.89. The van der Waals surface area contributed by atoms with Crippen LogP contribution >= 0.6 is 0 Å². The molecule has 0 bridgehead atoms. The molecule has 1 amide bonds. The first kappa shape index (κ1) is 16.1. The third-order valence-electron chi connectivity index (χ3n) is 3.24. The van der Waals surface area contributed by atoms with Gasteiger partial charge in [0.2, 0.25) is 0 Å². The molecule has 0 aliphatic carbocycles. The molecule has 1 unspecified atom stereocenters. The molecule has 0 radical (unpaired) electrons. The number of carbonyl (C=O) groups is 1. The summed E-state index contributed by atoms with van der Waals surface area (Å²) in [5, 5.41) is 0. The average Bonchev–Trinajstić information content (AvgIpc) is 2.42. The van der Waals surface area contributed by atoms with E-state index in [0.717, 1.165) is 5.69 Å². The summed E-state index contributed by atoms with van der Waals surface area (Å²) in [4.78, 5) is 15.9. The first-order valence-electron chi connectivity index (χ1n) is 6.92. The highest BCUT2D eigenvalue weighted by atomic mass is 16.5. The Morgan fingerprint density at radius 1 is 1.30 bits per heavy atom. The van der Waals surface area contributed by atoms with Crippen molar-refractivity contribution in [3.63, 3.8) is 0 Å². The SMILES string of the molecule is CCN(CC)C(=O)C(C)Oc1cc(N(C)C)ccc1N. The summed E-state index contributed by atoms with van der Waals surface area (Å²) in [5.41, 5.74) is 7.43. The molecule has 112 valence electrons. The van der Waals surface area contributed by atoms with Gasteiger partial charge < -0.3 is 20.3 Å². The van der Waals surface area contributed by atoms with Crippen LogP contribution in [0.5, 0.6) is 5.75 Å². The highest BCUT2D eigenvalue weighted by Gasteiger charge is 2.20. The topological polar surface area (TPSA) is 58.8 Å². The van der Waals surface area contributed by atoms with Gasteiger partial charge in [0, 0.05) is 38.9 Å². The Bertz CT molecular complexity index is 456. The Morgan fingerprint density at radius 2 is 1.90 bits per heavy atom. The maximum atomic E-state index is 12.2. The summed E-state index contributed by atoms with van der Waals surface area (Å²) >= 11 is 0. The molecule has 2 N–H and O–H groups in total. The van der Waals surface area contributed by atoms with Crippen LogP contribution < -0.4 is 15.4 Å². The van der Waals surface area contributed by atoms with E-state index in [4.69, 9.17) is 10.5 Å². The summed E-state index contributed by atoms with van der Waals surface area (Å²) in [6.45, 7) is 7.01. The molecule has 0 saturated heterocycles. The Kier molecular flexibility index (Phi) is 5.67. The maximum absolute atomic E-state index is 12.2. The lowest BCUT2D eigenvalue weighted by Crippen LogP contribution is -2.40. The van der Waals surface area contributed by atoms with E-state index < -0.39 is 6.10 Å². The number of hydrogen-bond acceptors (Lipinski definition) is 4. The van der Waals surface area contributed by atoms with Crippen molar-refractivity contribution in [2.45, 2.75) is 26.9 Å². The highest BCUT2D eigenvalue weighted by Crippen LogP contribution is 2.27. The molecule has 0 fully saturated rings. The normalized spacial score (nSPS) is 11.8. The smallest absolute Gasteiger partial charge is 0.263 e. The van der Waals surface area contributed by atoms with E-state index in [1.165, 1.54) is 0 Å². The molecule has 5 nitrogen and oxygen atoms in total. The Hall–Kier alpha value is -1.91. The van der Waals surface area contributed by atoms with Crippen molar-refractivity contribution >= 4 is 17.3 Å². The Morgan fingerprint density at radius 3 is 2.40 bits per heavy atom. The second kappa shape index (κ2) is 7.03. The fourth-order valence-corrected chi connectivity index (χ4v) is 1.94. The third kappa shape index (κ3) is 3.79. The number of nitrogens with two attached hydrogens (primary N) is 1. The molecular weight excluding hydrogens is 254 g/mol. The van der Waals surface area contributed by atoms with Crippen molar-refractivity contribution in [3.8, 4) is 5.75 Å². The summed E-state index contributed by atoms with van der Waals surface area (Å²) < 4.78 is 5.74. The quantitative estimate of drug-likeness (QED) is 0.809. The number of ether oxygens (including phenoxy) is 1. The van der Waals surface area contributed by atoms with Gasteiger partial charge in [-0.25, -0.2) is 0 Å². The van der Waals surface area contributed by atoms with Crippen molar-refractivity contribution in [3.05, 3.63) is 18.2 Å². The van der Waals surface area contributed by atoms with Crippen molar-refractivity contribution in [2.24, 2.45) is 0 Å². The number of carbonyl (C=O) groups excluding carboxylic acids is 1. The van der Waals surface area contributed by atoms with E-state index in [0.29, 0.717) is 24.5 Å². The van der Waals surface area contributed by atoms with E-state index in [2.05, 4.69) is 0 Å². The van der Waals surface area contributed by atoms with E-state index in [1.54, 1.807) is 17.9 Å². The second-order valence-corrected chi connectivity index (χ2v) is 4.89. The molecule has 0 spiro atoms. The molecule has 1 rings (SSSR count). The first-order chi connectivity index (χ1) is 9.40. The fraction of sp³-hybridized carbons (Fsp3) is 0.533. The van der Waals surface area contributed by atoms with Crippen LogP contribution in [0.1, 0.15) is 20.8 Å². The molecule has 1 aromatic carbocycles. The van der Waals surface area contributed by atoms with Crippen LogP contribution in [0.15, 0.2) is 18.2 Å². The van der Waals surface area contributed by atoms with Gasteiger partial charge in [-0.2, -0.15) is 0 Å². The van der Waals surface area contributed by atoms with Crippen LogP contribution in [0, 0.1) is 0 Å².